The zero-order valence-electron chi connectivity index (χ0n) is 19.4. The maximum atomic E-state index is 13.9. The number of carbonyl (C=O) groups excluding carboxylic acids is 3. The highest BCUT2D eigenvalue weighted by Gasteiger charge is 2.88. The molecule has 0 N–H and O–H groups in total. The van der Waals surface area contributed by atoms with E-state index < -0.39 is 65.7 Å². The van der Waals surface area contributed by atoms with Gasteiger partial charge in [0.15, 0.2) is 4.33 Å². The lowest BCUT2D eigenvalue weighted by Gasteiger charge is -2.37. The molecule has 2 fully saturated rings. The first-order valence-electron chi connectivity index (χ1n) is 11.1. The van der Waals surface area contributed by atoms with Gasteiger partial charge in [-0.3, -0.25) is 34.6 Å². The summed E-state index contributed by atoms with van der Waals surface area (Å²) in [5, 5.41) is 23.0. The van der Waals surface area contributed by atoms with Crippen LogP contribution in [0, 0.1) is 32.1 Å². The van der Waals surface area contributed by atoms with E-state index in [2.05, 4.69) is 0 Å². The number of non-ortho nitro benzene ring substituents is 2. The summed E-state index contributed by atoms with van der Waals surface area (Å²) in [4.78, 5) is 58.3. The smallest absolute Gasteiger partial charge is 0.272 e. The number of nitrogens with zero attached hydrogens (tertiary/aromatic N) is 4. The molecule has 0 unspecified atom stereocenters. The fourth-order valence-electron chi connectivity index (χ4n) is 5.25. The van der Waals surface area contributed by atoms with Crippen molar-refractivity contribution in [3.8, 4) is 0 Å². The lowest BCUT2D eigenvalue weighted by atomic mass is 9.84. The van der Waals surface area contributed by atoms with Crippen molar-refractivity contribution in [2.75, 3.05) is 0 Å². The van der Waals surface area contributed by atoms with Crippen molar-refractivity contribution in [2.45, 2.75) is 20.6 Å². The van der Waals surface area contributed by atoms with Crippen LogP contribution in [0.2, 0.25) is 0 Å². The molecule has 2 aromatic carbocycles. The van der Waals surface area contributed by atoms with Gasteiger partial charge in [-0.25, -0.2) is 5.01 Å². The SMILES string of the molecule is O=C(c1cccc([N+](=O)[O-])c1)N(Cc1ccc([N+](=O)[O-])cc1)N1C(=O)[C@@H]2[C@H](C1=O)[C@@]1(Cl)C(Cl)=C(Cl)[C@@]2(Cl)C1(Cl)Cl. The Hall–Kier alpha value is -2.67. The van der Waals surface area contributed by atoms with E-state index in [-0.39, 0.29) is 26.9 Å². The number of imide groups is 1. The highest BCUT2D eigenvalue weighted by molar-refractivity contribution is 6.66. The van der Waals surface area contributed by atoms with Crippen LogP contribution in [0.4, 0.5) is 11.4 Å². The lowest BCUT2D eigenvalue weighted by Crippen LogP contribution is -2.55. The van der Waals surface area contributed by atoms with E-state index in [4.69, 9.17) is 69.6 Å². The number of halogens is 6. The highest BCUT2D eigenvalue weighted by Crippen LogP contribution is 2.77. The molecular formula is C23H12Cl6N4O7. The molecule has 1 aliphatic heterocycles. The maximum absolute atomic E-state index is 13.9. The molecule has 40 heavy (non-hydrogen) atoms. The molecule has 3 amide bonds. The standard InChI is InChI=1S/C23H12Cl6N4O7/c24-16-17(25)22(27)15-14(21(16,26)23(22,28)29)19(35)31(20(15)36)30(9-10-4-6-12(7-5-10)32(37)38)18(34)11-2-1-3-13(8-11)33(39)40/h1-8,14-15H,9H2/t14-,15+,21-,22-/m1/s1. The molecule has 5 rings (SSSR count). The molecule has 2 bridgehead atoms. The summed E-state index contributed by atoms with van der Waals surface area (Å²) in [5.41, 5.74) is -0.643. The fourth-order valence-corrected chi connectivity index (χ4v) is 8.18. The van der Waals surface area contributed by atoms with E-state index in [0.717, 1.165) is 29.3 Å². The van der Waals surface area contributed by atoms with E-state index in [1.807, 2.05) is 0 Å². The summed E-state index contributed by atoms with van der Waals surface area (Å²) < 4.78 is -2.20. The second kappa shape index (κ2) is 9.43. The van der Waals surface area contributed by atoms with E-state index in [9.17, 15) is 34.6 Å². The number of nitro groups is 2. The van der Waals surface area contributed by atoms with Crippen molar-refractivity contribution in [2.24, 2.45) is 11.8 Å². The lowest BCUT2D eigenvalue weighted by molar-refractivity contribution is -0.385. The van der Waals surface area contributed by atoms with Crippen LogP contribution in [-0.2, 0) is 16.1 Å². The van der Waals surface area contributed by atoms with Crippen LogP contribution < -0.4 is 0 Å². The molecule has 1 saturated heterocycles. The highest BCUT2D eigenvalue weighted by atomic mass is 35.5. The average molecular weight is 669 g/mol. The minimum atomic E-state index is -2.20. The van der Waals surface area contributed by atoms with E-state index in [1.165, 1.54) is 24.3 Å². The summed E-state index contributed by atoms with van der Waals surface area (Å²) in [6, 6.07) is 9.55. The number of rotatable bonds is 6. The molecule has 1 saturated carbocycles. The number of carbonyl (C=O) groups is 3. The van der Waals surface area contributed by atoms with Crippen LogP contribution in [-0.4, -0.2) is 51.7 Å². The summed E-state index contributed by atoms with van der Waals surface area (Å²) in [6.45, 7) is -0.469. The molecule has 11 nitrogen and oxygen atoms in total. The molecule has 2 aliphatic carbocycles. The van der Waals surface area contributed by atoms with Crippen LogP contribution >= 0.6 is 69.6 Å². The Morgan fingerprint density at radius 1 is 0.850 bits per heavy atom. The van der Waals surface area contributed by atoms with Crippen LogP contribution in [0.5, 0.6) is 0 Å². The second-order valence-corrected chi connectivity index (χ2v) is 12.4. The van der Waals surface area contributed by atoms with Gasteiger partial charge >= 0.3 is 0 Å². The minimum absolute atomic E-state index is 0.240. The van der Waals surface area contributed by atoms with Crippen molar-refractivity contribution in [1.82, 2.24) is 10.0 Å². The van der Waals surface area contributed by atoms with Crippen molar-refractivity contribution in [1.29, 1.82) is 0 Å². The molecule has 3 aliphatic rings. The van der Waals surface area contributed by atoms with Gasteiger partial charge in [-0.1, -0.05) is 64.6 Å². The van der Waals surface area contributed by atoms with Crippen molar-refractivity contribution in [3.05, 3.63) is 90.0 Å². The Labute approximate surface area is 254 Å². The number of fused-ring (bicyclic) bond motifs is 5. The Balaban J connectivity index is 1.61. The monoisotopic (exact) mass is 666 g/mol. The van der Waals surface area contributed by atoms with Gasteiger partial charge in [0.1, 0.15) is 9.75 Å². The van der Waals surface area contributed by atoms with Gasteiger partial charge in [-0.05, 0) is 11.6 Å². The van der Waals surface area contributed by atoms with Crippen molar-refractivity contribution >= 4 is 98.7 Å². The Kier molecular flexibility index (Phi) is 6.80. The van der Waals surface area contributed by atoms with Crippen LogP contribution in [0.1, 0.15) is 15.9 Å². The Morgan fingerprint density at radius 3 is 1.82 bits per heavy atom. The minimum Gasteiger partial charge on any atom is -0.272 e. The fraction of sp³-hybridized carbons (Fsp3) is 0.261. The topological polar surface area (TPSA) is 144 Å². The van der Waals surface area contributed by atoms with Gasteiger partial charge in [-0.2, -0.15) is 5.01 Å². The molecular weight excluding hydrogens is 657 g/mol. The molecule has 208 valence electrons. The van der Waals surface area contributed by atoms with Crippen molar-refractivity contribution < 1.29 is 24.2 Å². The van der Waals surface area contributed by atoms with E-state index >= 15 is 0 Å². The normalized spacial score (nSPS) is 28.2. The first kappa shape index (κ1) is 28.8. The van der Waals surface area contributed by atoms with Gasteiger partial charge in [0.2, 0.25) is 0 Å². The van der Waals surface area contributed by atoms with Gasteiger partial charge in [0.05, 0.1) is 38.3 Å². The number of benzene rings is 2. The van der Waals surface area contributed by atoms with Crippen LogP contribution in [0.15, 0.2) is 58.6 Å². The largest absolute Gasteiger partial charge is 0.273 e. The predicted molar refractivity (Wildman–Crippen MR) is 145 cm³/mol. The number of hydrogen-bond acceptors (Lipinski definition) is 7. The number of hydrazine groups is 1. The van der Waals surface area contributed by atoms with Gasteiger partial charge < -0.3 is 0 Å². The number of allylic oxidation sites excluding steroid dienone is 2. The molecule has 1 heterocycles. The third-order valence-electron chi connectivity index (χ3n) is 7.14. The molecule has 0 radical (unpaired) electrons. The summed E-state index contributed by atoms with van der Waals surface area (Å²) >= 11 is 39.2. The molecule has 0 aromatic heterocycles. The first-order chi connectivity index (χ1) is 18.6. The number of amides is 3. The van der Waals surface area contributed by atoms with Gasteiger partial charge in [-0.15, -0.1) is 23.2 Å². The molecule has 2 aromatic rings. The third kappa shape index (κ3) is 3.61. The van der Waals surface area contributed by atoms with Crippen LogP contribution in [0.3, 0.4) is 0 Å². The summed E-state index contributed by atoms with van der Waals surface area (Å²) in [7, 11) is 0. The quantitative estimate of drug-likeness (QED) is 0.171. The van der Waals surface area contributed by atoms with Crippen molar-refractivity contribution in [3.63, 3.8) is 0 Å². The van der Waals surface area contributed by atoms with Gasteiger partial charge in [0.25, 0.3) is 29.1 Å². The van der Waals surface area contributed by atoms with Gasteiger partial charge in [0, 0.05) is 29.8 Å². The molecule has 0 spiro atoms. The zero-order valence-corrected chi connectivity index (χ0v) is 23.9. The predicted octanol–water partition coefficient (Wildman–Crippen LogP) is 5.51. The zero-order chi connectivity index (χ0) is 29.5. The number of nitro benzene ring substituents is 2. The molecule has 17 heteroatoms. The molecule has 4 atom stereocenters. The third-order valence-corrected chi connectivity index (χ3v) is 11.4. The van der Waals surface area contributed by atoms with E-state index in [0.29, 0.717) is 5.01 Å². The Morgan fingerprint density at radius 2 is 1.35 bits per heavy atom. The average Bonchev–Trinajstić information content (AvgIpc) is 3.30. The van der Waals surface area contributed by atoms with Crippen LogP contribution in [0.25, 0.3) is 0 Å². The number of alkyl halides is 4. The number of hydrogen-bond donors (Lipinski definition) is 0. The van der Waals surface area contributed by atoms with E-state index in [1.54, 1.807) is 0 Å². The Bertz CT molecular complexity index is 1520. The summed E-state index contributed by atoms with van der Waals surface area (Å²) in [5.74, 6) is -6.12. The second-order valence-electron chi connectivity index (χ2n) is 9.16. The summed E-state index contributed by atoms with van der Waals surface area (Å²) in [6.07, 6.45) is 0. The first-order valence-corrected chi connectivity index (χ1v) is 13.4. The maximum Gasteiger partial charge on any atom is 0.273 e.